The second-order valence-electron chi connectivity index (χ2n) is 6.79. The molecule has 0 atom stereocenters. The van der Waals surface area contributed by atoms with Crippen molar-refractivity contribution in [2.24, 2.45) is 0 Å². The van der Waals surface area contributed by atoms with Crippen LogP contribution < -0.4 is 10.8 Å². The summed E-state index contributed by atoms with van der Waals surface area (Å²) < 4.78 is 10.3. The Hall–Kier alpha value is -2.19. The molecule has 8 heteroatoms. The van der Waals surface area contributed by atoms with Crippen LogP contribution in [-0.2, 0) is 20.9 Å². The molecule has 0 radical (unpaired) electrons. The minimum absolute atomic E-state index is 0.0680. The van der Waals surface area contributed by atoms with E-state index >= 15 is 0 Å². The van der Waals surface area contributed by atoms with Crippen LogP contribution in [0.5, 0.6) is 0 Å². The Morgan fingerprint density at radius 3 is 2.60 bits per heavy atom. The van der Waals surface area contributed by atoms with E-state index in [1.807, 2.05) is 6.07 Å². The van der Waals surface area contributed by atoms with Gasteiger partial charge in [-0.05, 0) is 51.2 Å². The van der Waals surface area contributed by atoms with Crippen molar-refractivity contribution < 1.29 is 23.9 Å². The summed E-state index contributed by atoms with van der Waals surface area (Å²) in [5, 5.41) is 2.63. The van der Waals surface area contributed by atoms with Gasteiger partial charge in [0.1, 0.15) is 5.60 Å². The molecule has 0 aromatic carbocycles. The molecule has 8 nitrogen and oxygen atoms in total. The monoisotopic (exact) mass is 351 g/mol. The summed E-state index contributed by atoms with van der Waals surface area (Å²) in [6.45, 7) is 5.46. The lowest BCUT2D eigenvalue weighted by molar-refractivity contribution is -0.000115. The molecule has 0 aliphatic heterocycles. The van der Waals surface area contributed by atoms with E-state index < -0.39 is 17.7 Å². The van der Waals surface area contributed by atoms with Crippen LogP contribution in [0.1, 0.15) is 61.3 Å². The van der Waals surface area contributed by atoms with Crippen LogP contribution >= 0.6 is 0 Å². The number of hydrogen-bond acceptors (Lipinski definition) is 7. The molecule has 2 N–H and O–H groups in total. The number of carbonyl (C=O) groups excluding carboxylic acids is 2. The number of hydroxylamine groups is 1. The van der Waals surface area contributed by atoms with Crippen LogP contribution in [0.15, 0.2) is 12.1 Å². The fourth-order valence-electron chi connectivity index (χ4n) is 2.20. The standard InChI is InChI=1S/C17H25N3O5/c1-17(2,3)25-16(22)18-9-12-7-8-13(11-5-6-11)14(20-12)15(21)24-10-19-23-4/h7-8,11,19H,5-6,9-10H2,1-4H3,(H,18,22). The maximum atomic E-state index is 12.3. The van der Waals surface area contributed by atoms with Crippen LogP contribution in [0.25, 0.3) is 0 Å². The van der Waals surface area contributed by atoms with Gasteiger partial charge in [0.05, 0.1) is 19.3 Å². The number of nitrogens with one attached hydrogen (secondary N) is 2. The van der Waals surface area contributed by atoms with E-state index in [9.17, 15) is 9.59 Å². The van der Waals surface area contributed by atoms with Crippen molar-refractivity contribution in [1.82, 2.24) is 15.8 Å². The van der Waals surface area contributed by atoms with Gasteiger partial charge < -0.3 is 19.6 Å². The number of hydrogen-bond donors (Lipinski definition) is 2. The van der Waals surface area contributed by atoms with Crippen molar-refractivity contribution >= 4 is 12.1 Å². The third-order valence-corrected chi connectivity index (χ3v) is 3.41. The van der Waals surface area contributed by atoms with Crippen molar-refractivity contribution in [2.75, 3.05) is 13.8 Å². The number of alkyl carbamates (subject to hydrolysis) is 1. The molecule has 1 aromatic heterocycles. The topological polar surface area (TPSA) is 98.8 Å². The third-order valence-electron chi connectivity index (χ3n) is 3.41. The number of nitrogens with zero attached hydrogens (tertiary/aromatic N) is 1. The third kappa shape index (κ3) is 6.32. The molecular formula is C17H25N3O5. The smallest absolute Gasteiger partial charge is 0.407 e. The van der Waals surface area contributed by atoms with Gasteiger partial charge in [0, 0.05) is 0 Å². The molecular weight excluding hydrogens is 326 g/mol. The molecule has 1 aliphatic carbocycles. The molecule has 1 heterocycles. The van der Waals surface area contributed by atoms with E-state index in [-0.39, 0.29) is 19.0 Å². The highest BCUT2D eigenvalue weighted by Gasteiger charge is 2.30. The van der Waals surface area contributed by atoms with E-state index in [4.69, 9.17) is 9.47 Å². The number of ether oxygens (including phenoxy) is 2. The molecule has 1 fully saturated rings. The van der Waals surface area contributed by atoms with E-state index in [0.717, 1.165) is 18.4 Å². The summed E-state index contributed by atoms with van der Waals surface area (Å²) >= 11 is 0. The first-order valence-electron chi connectivity index (χ1n) is 8.20. The molecule has 0 saturated heterocycles. The lowest BCUT2D eigenvalue weighted by Gasteiger charge is -2.19. The molecule has 0 bridgehead atoms. The predicted octanol–water partition coefficient (Wildman–Crippen LogP) is 2.25. The second kappa shape index (κ2) is 8.26. The largest absolute Gasteiger partial charge is 0.444 e. The first kappa shape index (κ1) is 19.1. The highest BCUT2D eigenvalue weighted by atomic mass is 16.7. The number of carbonyl (C=O) groups is 2. The van der Waals surface area contributed by atoms with E-state index in [1.165, 1.54) is 7.11 Å². The van der Waals surface area contributed by atoms with Gasteiger partial charge in [0.15, 0.2) is 12.4 Å². The van der Waals surface area contributed by atoms with Crippen LogP contribution in [0.3, 0.4) is 0 Å². The fraction of sp³-hybridized carbons (Fsp3) is 0.588. The molecule has 138 valence electrons. The zero-order valence-corrected chi connectivity index (χ0v) is 15.0. The summed E-state index contributed by atoms with van der Waals surface area (Å²) in [5.41, 5.74) is 3.59. The number of esters is 1. The SMILES string of the molecule is CONCOC(=O)c1nc(CNC(=O)OC(C)(C)C)ccc1C1CC1. The molecule has 25 heavy (non-hydrogen) atoms. The zero-order valence-electron chi connectivity index (χ0n) is 15.0. The van der Waals surface area contributed by atoms with Gasteiger partial charge in [-0.2, -0.15) is 5.48 Å². The molecule has 1 aromatic rings. The van der Waals surface area contributed by atoms with Gasteiger partial charge in [-0.25, -0.2) is 14.6 Å². The molecule has 1 saturated carbocycles. The van der Waals surface area contributed by atoms with Gasteiger partial charge in [-0.15, -0.1) is 0 Å². The van der Waals surface area contributed by atoms with Crippen LogP contribution in [-0.4, -0.2) is 36.5 Å². The molecule has 1 amide bonds. The minimum atomic E-state index is -0.573. The van der Waals surface area contributed by atoms with Crippen molar-refractivity contribution in [3.8, 4) is 0 Å². The molecule has 0 spiro atoms. The van der Waals surface area contributed by atoms with E-state index in [1.54, 1.807) is 26.8 Å². The number of rotatable bonds is 7. The maximum Gasteiger partial charge on any atom is 0.407 e. The average molecular weight is 351 g/mol. The van der Waals surface area contributed by atoms with Crippen LogP contribution in [0.4, 0.5) is 4.79 Å². The van der Waals surface area contributed by atoms with E-state index in [2.05, 4.69) is 20.6 Å². The number of pyridine rings is 1. The number of aromatic nitrogens is 1. The predicted molar refractivity (Wildman–Crippen MR) is 89.7 cm³/mol. The summed E-state index contributed by atoms with van der Waals surface area (Å²) in [5.74, 6) is -0.177. The molecule has 1 aliphatic rings. The van der Waals surface area contributed by atoms with Crippen LogP contribution in [0.2, 0.25) is 0 Å². The quantitative estimate of drug-likeness (QED) is 0.336. The van der Waals surface area contributed by atoms with Crippen molar-refractivity contribution in [3.05, 3.63) is 29.1 Å². The number of amides is 1. The summed E-state index contributed by atoms with van der Waals surface area (Å²) in [7, 11) is 1.44. The lowest BCUT2D eigenvalue weighted by Crippen LogP contribution is -2.32. The first-order valence-corrected chi connectivity index (χ1v) is 8.20. The van der Waals surface area contributed by atoms with E-state index in [0.29, 0.717) is 11.6 Å². The second-order valence-corrected chi connectivity index (χ2v) is 6.79. The minimum Gasteiger partial charge on any atom is -0.444 e. The summed E-state index contributed by atoms with van der Waals surface area (Å²) in [6.07, 6.45) is 1.54. The van der Waals surface area contributed by atoms with Gasteiger partial charge in [0.25, 0.3) is 0 Å². The molecule has 2 rings (SSSR count). The van der Waals surface area contributed by atoms with Crippen molar-refractivity contribution in [2.45, 2.75) is 51.7 Å². The lowest BCUT2D eigenvalue weighted by atomic mass is 10.1. The highest BCUT2D eigenvalue weighted by Crippen LogP contribution is 2.41. The van der Waals surface area contributed by atoms with Crippen molar-refractivity contribution in [3.63, 3.8) is 0 Å². The first-order chi connectivity index (χ1) is 11.8. The maximum absolute atomic E-state index is 12.3. The molecule has 0 unspecified atom stereocenters. The van der Waals surface area contributed by atoms with Crippen molar-refractivity contribution in [1.29, 1.82) is 0 Å². The Morgan fingerprint density at radius 2 is 2.00 bits per heavy atom. The van der Waals surface area contributed by atoms with Gasteiger partial charge in [-0.3, -0.25) is 0 Å². The Balaban J connectivity index is 2.03. The highest BCUT2D eigenvalue weighted by molar-refractivity contribution is 5.89. The van der Waals surface area contributed by atoms with Gasteiger partial charge in [0.2, 0.25) is 0 Å². The zero-order chi connectivity index (χ0) is 18.4. The van der Waals surface area contributed by atoms with Gasteiger partial charge in [-0.1, -0.05) is 6.07 Å². The Bertz CT molecular complexity index is 623. The Kier molecular flexibility index (Phi) is 6.33. The summed E-state index contributed by atoms with van der Waals surface area (Å²) in [6, 6.07) is 3.67. The Morgan fingerprint density at radius 1 is 1.28 bits per heavy atom. The summed E-state index contributed by atoms with van der Waals surface area (Å²) in [4.78, 5) is 33.0. The van der Waals surface area contributed by atoms with Gasteiger partial charge >= 0.3 is 12.1 Å². The normalized spacial score (nSPS) is 14.1. The fourth-order valence-corrected chi connectivity index (χ4v) is 2.20. The average Bonchev–Trinajstić information content (AvgIpc) is 3.36. The Labute approximate surface area is 147 Å². The van der Waals surface area contributed by atoms with Crippen LogP contribution in [0, 0.1) is 0 Å².